The first-order chi connectivity index (χ1) is 8.88. The maximum atomic E-state index is 4.07. The van der Waals surface area contributed by atoms with Gasteiger partial charge in [0.2, 0.25) is 0 Å². The van der Waals surface area contributed by atoms with Crippen LogP contribution in [0.4, 0.5) is 0 Å². The highest BCUT2D eigenvalue weighted by Crippen LogP contribution is 2.15. The fraction of sp³-hybridized carbons (Fsp3) is 0.786. The zero-order valence-corrected chi connectivity index (χ0v) is 11.5. The van der Waals surface area contributed by atoms with Gasteiger partial charge in [0, 0.05) is 25.5 Å². The fourth-order valence-electron chi connectivity index (χ4n) is 2.77. The van der Waals surface area contributed by atoms with Gasteiger partial charge in [-0.1, -0.05) is 6.92 Å². The normalized spacial score (nSPS) is 21.3. The second-order valence-corrected chi connectivity index (χ2v) is 5.27. The number of nitrogens with zero attached hydrogens (tertiary/aromatic N) is 3. The lowest BCUT2D eigenvalue weighted by molar-refractivity contribution is 0.169. The van der Waals surface area contributed by atoms with E-state index in [1.165, 1.54) is 45.4 Å². The van der Waals surface area contributed by atoms with Crippen LogP contribution in [0.1, 0.15) is 26.2 Å². The van der Waals surface area contributed by atoms with Gasteiger partial charge in [-0.15, -0.1) is 0 Å². The van der Waals surface area contributed by atoms with Crippen molar-refractivity contribution < 1.29 is 0 Å². The second kappa shape index (κ2) is 7.54. The van der Waals surface area contributed by atoms with Crippen molar-refractivity contribution in [2.24, 2.45) is 5.92 Å². The Morgan fingerprint density at radius 1 is 1.39 bits per heavy atom. The van der Waals surface area contributed by atoms with E-state index >= 15 is 0 Å². The minimum Gasteiger partial charge on any atom is -0.337 e. The van der Waals surface area contributed by atoms with E-state index in [0.717, 1.165) is 19.0 Å². The fourth-order valence-corrected chi connectivity index (χ4v) is 2.77. The van der Waals surface area contributed by atoms with Gasteiger partial charge in [-0.25, -0.2) is 4.98 Å². The van der Waals surface area contributed by atoms with Gasteiger partial charge >= 0.3 is 0 Å². The number of rotatable bonds is 7. The molecule has 1 unspecified atom stereocenters. The molecule has 4 nitrogen and oxygen atoms in total. The predicted octanol–water partition coefficient (Wildman–Crippen LogP) is 1.59. The molecular weight excluding hydrogens is 224 g/mol. The number of likely N-dealkylation sites (tertiary alicyclic amines) is 1. The highest BCUT2D eigenvalue weighted by Gasteiger charge is 2.18. The molecule has 0 radical (unpaired) electrons. The Hall–Kier alpha value is -0.870. The molecule has 18 heavy (non-hydrogen) atoms. The minimum absolute atomic E-state index is 0.854. The Morgan fingerprint density at radius 2 is 2.33 bits per heavy atom. The minimum atomic E-state index is 0.854. The smallest absolute Gasteiger partial charge is 0.0945 e. The van der Waals surface area contributed by atoms with E-state index in [0.29, 0.717) is 0 Å². The first-order valence-corrected chi connectivity index (χ1v) is 7.27. The van der Waals surface area contributed by atoms with Crippen LogP contribution in [0.2, 0.25) is 0 Å². The van der Waals surface area contributed by atoms with Gasteiger partial charge in [0.1, 0.15) is 0 Å². The van der Waals surface area contributed by atoms with Gasteiger partial charge in [0.15, 0.2) is 0 Å². The van der Waals surface area contributed by atoms with Gasteiger partial charge in [-0.05, 0) is 51.4 Å². The van der Waals surface area contributed by atoms with Crippen molar-refractivity contribution in [2.45, 2.75) is 32.7 Å². The molecule has 2 heterocycles. The monoisotopic (exact) mass is 250 g/mol. The van der Waals surface area contributed by atoms with E-state index in [-0.39, 0.29) is 0 Å². The van der Waals surface area contributed by atoms with Crippen LogP contribution in [-0.2, 0) is 6.54 Å². The van der Waals surface area contributed by atoms with Gasteiger partial charge < -0.3 is 14.8 Å². The Labute approximate surface area is 110 Å². The van der Waals surface area contributed by atoms with Crippen molar-refractivity contribution in [1.82, 2.24) is 19.8 Å². The first-order valence-electron chi connectivity index (χ1n) is 7.27. The SMILES string of the molecule is CCNCC1CCCN(CCCn2ccnc2)C1. The molecule has 102 valence electrons. The van der Waals surface area contributed by atoms with Gasteiger partial charge in [0.25, 0.3) is 0 Å². The summed E-state index contributed by atoms with van der Waals surface area (Å²) in [6, 6.07) is 0. The van der Waals surface area contributed by atoms with Crippen molar-refractivity contribution in [3.05, 3.63) is 18.7 Å². The summed E-state index contributed by atoms with van der Waals surface area (Å²) < 4.78 is 2.17. The van der Waals surface area contributed by atoms with Gasteiger partial charge in [-0.2, -0.15) is 0 Å². The molecule has 4 heteroatoms. The maximum Gasteiger partial charge on any atom is 0.0945 e. The molecule has 0 amide bonds. The summed E-state index contributed by atoms with van der Waals surface area (Å²) in [5.74, 6) is 0.854. The molecule has 2 rings (SSSR count). The number of aromatic nitrogens is 2. The average Bonchev–Trinajstić information content (AvgIpc) is 2.90. The summed E-state index contributed by atoms with van der Waals surface area (Å²) in [6.45, 7) is 9.34. The second-order valence-electron chi connectivity index (χ2n) is 5.27. The van der Waals surface area contributed by atoms with E-state index in [1.54, 1.807) is 0 Å². The lowest BCUT2D eigenvalue weighted by atomic mass is 9.98. The molecule has 1 atom stereocenters. The lowest BCUT2D eigenvalue weighted by Crippen LogP contribution is -2.40. The summed E-state index contributed by atoms with van der Waals surface area (Å²) in [7, 11) is 0. The van der Waals surface area contributed by atoms with Crippen molar-refractivity contribution in [3.8, 4) is 0 Å². The van der Waals surface area contributed by atoms with Gasteiger partial charge in [0.05, 0.1) is 6.33 Å². The molecule has 0 saturated carbocycles. The van der Waals surface area contributed by atoms with Crippen molar-refractivity contribution in [2.75, 3.05) is 32.7 Å². The zero-order valence-electron chi connectivity index (χ0n) is 11.5. The first kappa shape index (κ1) is 13.6. The Bertz CT molecular complexity index is 310. The van der Waals surface area contributed by atoms with Crippen molar-refractivity contribution in [3.63, 3.8) is 0 Å². The van der Waals surface area contributed by atoms with Crippen LogP contribution in [0.15, 0.2) is 18.7 Å². The number of hydrogen-bond acceptors (Lipinski definition) is 3. The van der Waals surface area contributed by atoms with E-state index < -0.39 is 0 Å². The molecule has 1 fully saturated rings. The summed E-state index contributed by atoms with van der Waals surface area (Å²) in [5.41, 5.74) is 0. The maximum absolute atomic E-state index is 4.07. The predicted molar refractivity (Wildman–Crippen MR) is 74.6 cm³/mol. The highest BCUT2D eigenvalue weighted by molar-refractivity contribution is 4.76. The molecule has 1 saturated heterocycles. The van der Waals surface area contributed by atoms with Gasteiger partial charge in [-0.3, -0.25) is 0 Å². The topological polar surface area (TPSA) is 33.1 Å². The van der Waals surface area contributed by atoms with E-state index in [1.807, 2.05) is 18.7 Å². The van der Waals surface area contributed by atoms with Crippen molar-refractivity contribution in [1.29, 1.82) is 0 Å². The van der Waals surface area contributed by atoms with E-state index in [9.17, 15) is 0 Å². The zero-order chi connectivity index (χ0) is 12.6. The third-order valence-electron chi connectivity index (χ3n) is 3.74. The summed E-state index contributed by atoms with van der Waals surface area (Å²) >= 11 is 0. The standard InChI is InChI=1S/C14H26N4/c1-2-15-11-14-5-3-7-17(12-14)8-4-9-18-10-6-16-13-18/h6,10,13-15H,2-5,7-9,11-12H2,1H3. The molecule has 0 aromatic carbocycles. The Kier molecular flexibility index (Phi) is 5.68. The molecule has 1 aliphatic heterocycles. The summed E-state index contributed by atoms with van der Waals surface area (Å²) in [4.78, 5) is 6.70. The number of nitrogens with one attached hydrogen (secondary N) is 1. The van der Waals surface area contributed by atoms with Crippen LogP contribution in [0.5, 0.6) is 0 Å². The Morgan fingerprint density at radius 3 is 3.11 bits per heavy atom. The molecule has 0 spiro atoms. The molecule has 1 aliphatic rings. The van der Waals surface area contributed by atoms with E-state index in [4.69, 9.17) is 0 Å². The highest BCUT2D eigenvalue weighted by atomic mass is 15.1. The molecule has 1 N–H and O–H groups in total. The van der Waals surface area contributed by atoms with Crippen LogP contribution >= 0.6 is 0 Å². The Balaban J connectivity index is 1.63. The number of hydrogen-bond donors (Lipinski definition) is 1. The average molecular weight is 250 g/mol. The van der Waals surface area contributed by atoms with Crippen LogP contribution in [0, 0.1) is 5.92 Å². The number of aryl methyl sites for hydroxylation is 1. The molecule has 0 aliphatic carbocycles. The molecule has 0 bridgehead atoms. The molecular formula is C14H26N4. The van der Waals surface area contributed by atoms with Crippen LogP contribution < -0.4 is 5.32 Å². The molecule has 1 aromatic rings. The van der Waals surface area contributed by atoms with Crippen molar-refractivity contribution >= 4 is 0 Å². The van der Waals surface area contributed by atoms with Crippen LogP contribution in [0.3, 0.4) is 0 Å². The quantitative estimate of drug-likeness (QED) is 0.798. The largest absolute Gasteiger partial charge is 0.337 e. The third kappa shape index (κ3) is 4.42. The van der Waals surface area contributed by atoms with Crippen LogP contribution in [0.25, 0.3) is 0 Å². The summed E-state index contributed by atoms with van der Waals surface area (Å²) in [6.07, 6.45) is 9.79. The lowest BCUT2D eigenvalue weighted by Gasteiger charge is -2.32. The third-order valence-corrected chi connectivity index (χ3v) is 3.74. The van der Waals surface area contributed by atoms with Crippen LogP contribution in [-0.4, -0.2) is 47.2 Å². The summed E-state index contributed by atoms with van der Waals surface area (Å²) in [5, 5.41) is 3.48. The molecule has 1 aromatic heterocycles. The number of piperidine rings is 1. The number of imidazole rings is 1. The van der Waals surface area contributed by atoms with E-state index in [2.05, 4.69) is 26.7 Å².